The highest BCUT2D eigenvalue weighted by Crippen LogP contribution is 2.45. The zero-order valence-corrected chi connectivity index (χ0v) is 18.3. The second-order valence-electron chi connectivity index (χ2n) is 9.26. The second kappa shape index (κ2) is 7.99. The molecule has 0 saturated heterocycles. The smallest absolute Gasteiger partial charge is 0.313 e. The molecular formula is C21H36O4Si. The summed E-state index contributed by atoms with van der Waals surface area (Å²) in [5.74, 6) is -0.685. The third kappa shape index (κ3) is 4.32. The molecule has 2 bridgehead atoms. The molecule has 1 saturated carbocycles. The van der Waals surface area contributed by atoms with Crippen molar-refractivity contribution in [1.82, 2.24) is 0 Å². The minimum absolute atomic E-state index is 0.0217. The van der Waals surface area contributed by atoms with Crippen LogP contribution in [0.25, 0.3) is 0 Å². The average molecular weight is 381 g/mol. The van der Waals surface area contributed by atoms with Crippen LogP contribution in [0.15, 0.2) is 23.8 Å². The van der Waals surface area contributed by atoms with Crippen LogP contribution in [0.4, 0.5) is 0 Å². The number of carbonyl (C=O) groups is 1. The van der Waals surface area contributed by atoms with Crippen molar-refractivity contribution in [1.29, 1.82) is 0 Å². The van der Waals surface area contributed by atoms with Gasteiger partial charge in [0.2, 0.25) is 0 Å². The van der Waals surface area contributed by atoms with Crippen LogP contribution in [0.3, 0.4) is 0 Å². The summed E-state index contributed by atoms with van der Waals surface area (Å²) in [6.45, 7) is 17.9. The van der Waals surface area contributed by atoms with Crippen molar-refractivity contribution in [3.8, 4) is 0 Å². The van der Waals surface area contributed by atoms with E-state index in [9.17, 15) is 9.90 Å². The molecule has 2 rings (SSSR count). The Hall–Kier alpha value is -0.913. The van der Waals surface area contributed by atoms with Crippen molar-refractivity contribution in [3.05, 3.63) is 23.8 Å². The van der Waals surface area contributed by atoms with Gasteiger partial charge in [0.05, 0.1) is 18.6 Å². The SMILES string of the molecule is C=C1CC2=CCC[C@@H]([C@H](CO[Si](C)(C)C(C)(C)C)[C@@H]1C(=O)OCC)[C@@H]2O. The van der Waals surface area contributed by atoms with E-state index in [-0.39, 0.29) is 22.8 Å². The van der Waals surface area contributed by atoms with Gasteiger partial charge in [-0.15, -0.1) is 0 Å². The van der Waals surface area contributed by atoms with Gasteiger partial charge in [-0.3, -0.25) is 4.79 Å². The fraction of sp³-hybridized carbons (Fsp3) is 0.762. The minimum atomic E-state index is -1.95. The van der Waals surface area contributed by atoms with Gasteiger partial charge in [-0.2, -0.15) is 0 Å². The van der Waals surface area contributed by atoms with Crippen molar-refractivity contribution < 1.29 is 19.1 Å². The Bertz CT molecular complexity index is 573. The van der Waals surface area contributed by atoms with Crippen LogP contribution in [0.2, 0.25) is 18.1 Å². The Morgan fingerprint density at radius 1 is 1.38 bits per heavy atom. The quantitative estimate of drug-likeness (QED) is 0.435. The third-order valence-electron chi connectivity index (χ3n) is 6.52. The standard InChI is InChI=1S/C21H36O4Si/c1-8-24-20(23)18-14(2)12-15-10-9-11-16(19(15)22)17(18)13-25-26(6,7)21(3,4)5/h10,16-19,22H,2,8-9,11-13H2,1,3-7H3/t16-,17-,18+,19+/m0/s1. The lowest BCUT2D eigenvalue weighted by Gasteiger charge is -2.40. The van der Waals surface area contributed by atoms with E-state index in [1.165, 1.54) is 0 Å². The van der Waals surface area contributed by atoms with E-state index in [4.69, 9.17) is 9.16 Å². The number of fused-ring (bicyclic) bond motifs is 2. The summed E-state index contributed by atoms with van der Waals surface area (Å²) in [6.07, 6.45) is 4.01. The molecule has 0 radical (unpaired) electrons. The van der Waals surface area contributed by atoms with Gasteiger partial charge in [-0.25, -0.2) is 0 Å². The highest BCUT2D eigenvalue weighted by molar-refractivity contribution is 6.74. The molecule has 0 spiro atoms. The Morgan fingerprint density at radius 3 is 2.62 bits per heavy atom. The molecule has 2 aliphatic carbocycles. The zero-order chi connectivity index (χ0) is 19.7. The van der Waals surface area contributed by atoms with Crippen molar-refractivity contribution >= 4 is 14.3 Å². The lowest BCUT2D eigenvalue weighted by Crippen LogP contribution is -2.45. The molecule has 4 atom stereocenters. The Morgan fingerprint density at radius 2 is 2.04 bits per heavy atom. The molecule has 26 heavy (non-hydrogen) atoms. The van der Waals surface area contributed by atoms with Crippen LogP contribution in [-0.4, -0.2) is 38.7 Å². The average Bonchev–Trinajstić information content (AvgIpc) is 2.57. The van der Waals surface area contributed by atoms with Crippen molar-refractivity contribution in [2.45, 2.75) is 71.2 Å². The van der Waals surface area contributed by atoms with Gasteiger partial charge < -0.3 is 14.3 Å². The predicted octanol–water partition coefficient (Wildman–Crippen LogP) is 4.46. The number of hydrogen-bond acceptors (Lipinski definition) is 4. The molecule has 0 aromatic rings. The second-order valence-corrected chi connectivity index (χ2v) is 14.1. The van der Waals surface area contributed by atoms with Crippen LogP contribution in [0, 0.1) is 17.8 Å². The van der Waals surface area contributed by atoms with E-state index in [0.29, 0.717) is 19.6 Å². The molecule has 0 heterocycles. The van der Waals surface area contributed by atoms with Gasteiger partial charge in [-0.1, -0.05) is 39.0 Å². The van der Waals surface area contributed by atoms with Gasteiger partial charge in [0.15, 0.2) is 8.32 Å². The summed E-state index contributed by atoms with van der Waals surface area (Å²) in [4.78, 5) is 12.8. The van der Waals surface area contributed by atoms with E-state index in [1.807, 2.05) is 6.92 Å². The zero-order valence-electron chi connectivity index (χ0n) is 17.3. The largest absolute Gasteiger partial charge is 0.466 e. The summed E-state index contributed by atoms with van der Waals surface area (Å²) in [5.41, 5.74) is 1.86. The Balaban J connectivity index is 2.33. The number of ether oxygens (including phenoxy) is 1. The number of carbonyl (C=O) groups excluding carboxylic acids is 1. The van der Waals surface area contributed by atoms with Gasteiger partial charge >= 0.3 is 5.97 Å². The topological polar surface area (TPSA) is 55.8 Å². The van der Waals surface area contributed by atoms with Crippen LogP contribution in [0.1, 0.15) is 47.0 Å². The van der Waals surface area contributed by atoms with Gasteiger partial charge in [0, 0.05) is 12.5 Å². The van der Waals surface area contributed by atoms with E-state index in [0.717, 1.165) is 24.0 Å². The molecule has 148 valence electrons. The van der Waals surface area contributed by atoms with E-state index >= 15 is 0 Å². The number of hydrogen-bond donors (Lipinski definition) is 1. The Labute approximate surface area is 159 Å². The molecule has 0 aromatic carbocycles. The van der Waals surface area contributed by atoms with Gasteiger partial charge in [0.1, 0.15) is 0 Å². The molecule has 0 aromatic heterocycles. The first kappa shape index (κ1) is 21.4. The molecule has 0 amide bonds. The van der Waals surface area contributed by atoms with Crippen molar-refractivity contribution in [2.75, 3.05) is 13.2 Å². The summed E-state index contributed by atoms with van der Waals surface area (Å²) < 4.78 is 11.9. The monoisotopic (exact) mass is 380 g/mol. The fourth-order valence-electron chi connectivity index (χ4n) is 3.88. The van der Waals surface area contributed by atoms with Crippen molar-refractivity contribution in [2.24, 2.45) is 17.8 Å². The number of allylic oxidation sites excluding steroid dienone is 1. The molecule has 0 aliphatic heterocycles. The maximum absolute atomic E-state index is 12.8. The molecule has 5 heteroatoms. The summed E-state index contributed by atoms with van der Waals surface area (Å²) >= 11 is 0. The van der Waals surface area contributed by atoms with Crippen LogP contribution in [-0.2, 0) is 14.0 Å². The lowest BCUT2D eigenvalue weighted by atomic mass is 9.75. The number of rotatable bonds is 5. The summed E-state index contributed by atoms with van der Waals surface area (Å²) in [5, 5.41) is 11.0. The van der Waals surface area contributed by atoms with Gasteiger partial charge in [0.25, 0.3) is 0 Å². The first-order valence-corrected chi connectivity index (χ1v) is 12.8. The predicted molar refractivity (Wildman–Crippen MR) is 107 cm³/mol. The molecule has 2 aliphatic rings. The van der Waals surface area contributed by atoms with Gasteiger partial charge in [-0.05, 0) is 55.8 Å². The maximum atomic E-state index is 12.8. The molecule has 4 nitrogen and oxygen atoms in total. The third-order valence-corrected chi connectivity index (χ3v) is 11.0. The fourth-order valence-corrected chi connectivity index (χ4v) is 4.92. The maximum Gasteiger partial charge on any atom is 0.313 e. The Kier molecular flexibility index (Phi) is 6.57. The minimum Gasteiger partial charge on any atom is -0.466 e. The highest BCUT2D eigenvalue weighted by atomic mass is 28.4. The van der Waals surface area contributed by atoms with Crippen LogP contribution < -0.4 is 0 Å². The molecule has 1 N–H and O–H groups in total. The molecule has 1 fully saturated rings. The number of aliphatic hydroxyl groups excluding tert-OH is 1. The van der Waals surface area contributed by atoms with Crippen LogP contribution in [0.5, 0.6) is 0 Å². The van der Waals surface area contributed by atoms with E-state index < -0.39 is 20.3 Å². The highest BCUT2D eigenvalue weighted by Gasteiger charge is 2.46. The first-order valence-electron chi connectivity index (χ1n) is 9.85. The molecular weight excluding hydrogens is 344 g/mol. The normalized spacial score (nSPS) is 29.8. The lowest BCUT2D eigenvalue weighted by molar-refractivity contribution is -0.150. The summed E-state index contributed by atoms with van der Waals surface area (Å²) in [7, 11) is -1.95. The number of aliphatic hydroxyl groups is 1. The number of esters is 1. The summed E-state index contributed by atoms with van der Waals surface area (Å²) in [6, 6.07) is 0. The first-order chi connectivity index (χ1) is 12.0. The van der Waals surface area contributed by atoms with E-state index in [2.05, 4.69) is 46.5 Å². The van der Waals surface area contributed by atoms with Crippen molar-refractivity contribution in [3.63, 3.8) is 0 Å². The van der Waals surface area contributed by atoms with Crippen LogP contribution >= 0.6 is 0 Å². The van der Waals surface area contributed by atoms with E-state index in [1.54, 1.807) is 0 Å². The molecule has 0 unspecified atom stereocenters.